The highest BCUT2D eigenvalue weighted by molar-refractivity contribution is 5.93. The SMILES string of the molecule is N#Cc1cnc2ccccc2c1NCCC1CCC1. The first kappa shape index (κ1) is 12.0. The van der Waals surface area contributed by atoms with Crippen molar-refractivity contribution in [1.82, 2.24) is 4.98 Å². The molecule has 0 amide bonds. The zero-order chi connectivity index (χ0) is 13.1. The highest BCUT2D eigenvalue weighted by Gasteiger charge is 2.17. The van der Waals surface area contributed by atoms with Gasteiger partial charge in [0.15, 0.2) is 0 Å². The van der Waals surface area contributed by atoms with E-state index in [-0.39, 0.29) is 0 Å². The second kappa shape index (κ2) is 5.27. The number of pyridine rings is 1. The van der Waals surface area contributed by atoms with Gasteiger partial charge in [0.1, 0.15) is 6.07 Å². The lowest BCUT2D eigenvalue weighted by Gasteiger charge is -2.25. The normalized spacial score (nSPS) is 14.9. The Hall–Kier alpha value is -2.08. The molecule has 1 N–H and O–H groups in total. The summed E-state index contributed by atoms with van der Waals surface area (Å²) in [6.07, 6.45) is 6.97. The quantitative estimate of drug-likeness (QED) is 0.901. The number of hydrogen-bond donors (Lipinski definition) is 1. The second-order valence-electron chi connectivity index (χ2n) is 5.19. The van der Waals surface area contributed by atoms with Gasteiger partial charge in [0.05, 0.1) is 16.8 Å². The predicted molar refractivity (Wildman–Crippen MR) is 76.9 cm³/mol. The Balaban J connectivity index is 1.84. The zero-order valence-corrected chi connectivity index (χ0v) is 10.9. The number of nitriles is 1. The van der Waals surface area contributed by atoms with Gasteiger partial charge in [-0.15, -0.1) is 0 Å². The van der Waals surface area contributed by atoms with Crippen LogP contribution in [0, 0.1) is 17.2 Å². The van der Waals surface area contributed by atoms with E-state index in [1.165, 1.54) is 25.7 Å². The molecule has 1 aromatic heterocycles. The van der Waals surface area contributed by atoms with Crippen LogP contribution in [0.3, 0.4) is 0 Å². The maximum Gasteiger partial charge on any atom is 0.103 e. The number of nitrogens with one attached hydrogen (secondary N) is 1. The first-order chi connectivity index (χ1) is 9.38. The van der Waals surface area contributed by atoms with E-state index in [2.05, 4.69) is 16.4 Å². The van der Waals surface area contributed by atoms with Gasteiger partial charge in [0.25, 0.3) is 0 Å². The molecule has 3 nitrogen and oxygen atoms in total. The van der Waals surface area contributed by atoms with Gasteiger partial charge in [0.2, 0.25) is 0 Å². The van der Waals surface area contributed by atoms with Gasteiger partial charge in [-0.1, -0.05) is 37.5 Å². The lowest BCUT2D eigenvalue weighted by atomic mass is 9.83. The van der Waals surface area contributed by atoms with Gasteiger partial charge >= 0.3 is 0 Å². The van der Waals surface area contributed by atoms with E-state index in [0.717, 1.165) is 29.1 Å². The van der Waals surface area contributed by atoms with E-state index < -0.39 is 0 Å². The van der Waals surface area contributed by atoms with E-state index in [4.69, 9.17) is 0 Å². The van der Waals surface area contributed by atoms with Crippen LogP contribution in [0.5, 0.6) is 0 Å². The van der Waals surface area contributed by atoms with Crippen molar-refractivity contribution in [1.29, 1.82) is 5.26 Å². The molecule has 1 aromatic carbocycles. The number of hydrogen-bond acceptors (Lipinski definition) is 3. The van der Waals surface area contributed by atoms with Crippen LogP contribution in [0.15, 0.2) is 30.5 Å². The Morgan fingerprint density at radius 1 is 1.32 bits per heavy atom. The fourth-order valence-electron chi connectivity index (χ4n) is 2.60. The summed E-state index contributed by atoms with van der Waals surface area (Å²) in [7, 11) is 0. The van der Waals surface area contributed by atoms with Gasteiger partial charge in [0, 0.05) is 18.1 Å². The number of aromatic nitrogens is 1. The van der Waals surface area contributed by atoms with Crippen LogP contribution < -0.4 is 5.32 Å². The average Bonchev–Trinajstić information content (AvgIpc) is 2.41. The molecule has 1 aliphatic rings. The molecular formula is C16H17N3. The van der Waals surface area contributed by atoms with Crippen LogP contribution in [-0.2, 0) is 0 Å². The molecule has 3 heteroatoms. The maximum absolute atomic E-state index is 9.21. The van der Waals surface area contributed by atoms with Crippen LogP contribution in [0.25, 0.3) is 10.9 Å². The third-order valence-corrected chi connectivity index (χ3v) is 3.98. The van der Waals surface area contributed by atoms with Crippen molar-refractivity contribution in [2.75, 3.05) is 11.9 Å². The largest absolute Gasteiger partial charge is 0.383 e. The number of benzene rings is 1. The molecule has 2 aromatic rings. The third-order valence-electron chi connectivity index (χ3n) is 3.98. The highest BCUT2D eigenvalue weighted by atomic mass is 14.9. The Morgan fingerprint density at radius 2 is 2.16 bits per heavy atom. The topological polar surface area (TPSA) is 48.7 Å². The Kier molecular flexibility index (Phi) is 3.33. The molecule has 3 rings (SSSR count). The lowest BCUT2D eigenvalue weighted by Crippen LogP contribution is -2.16. The molecular weight excluding hydrogens is 234 g/mol. The fraction of sp³-hybridized carbons (Fsp3) is 0.375. The van der Waals surface area contributed by atoms with Crippen molar-refractivity contribution in [3.05, 3.63) is 36.0 Å². The summed E-state index contributed by atoms with van der Waals surface area (Å²) in [5, 5.41) is 13.7. The molecule has 0 bridgehead atoms. The molecule has 96 valence electrons. The molecule has 1 saturated carbocycles. The van der Waals surface area contributed by atoms with Crippen molar-refractivity contribution in [3.63, 3.8) is 0 Å². The van der Waals surface area contributed by atoms with Gasteiger partial charge in [-0.05, 0) is 18.4 Å². The Bertz CT molecular complexity index is 623. The first-order valence-electron chi connectivity index (χ1n) is 6.90. The number of rotatable bonds is 4. The molecule has 1 heterocycles. The number of para-hydroxylation sites is 1. The summed E-state index contributed by atoms with van der Waals surface area (Å²) in [4.78, 5) is 4.32. The molecule has 0 saturated heterocycles. The van der Waals surface area contributed by atoms with Crippen molar-refractivity contribution < 1.29 is 0 Å². The molecule has 1 aliphatic carbocycles. The van der Waals surface area contributed by atoms with E-state index in [1.807, 2.05) is 24.3 Å². The molecule has 0 unspecified atom stereocenters. The number of fused-ring (bicyclic) bond motifs is 1. The minimum absolute atomic E-state index is 0.632. The molecule has 1 fully saturated rings. The minimum atomic E-state index is 0.632. The van der Waals surface area contributed by atoms with E-state index >= 15 is 0 Å². The van der Waals surface area contributed by atoms with Crippen molar-refractivity contribution >= 4 is 16.6 Å². The molecule has 0 atom stereocenters. The second-order valence-corrected chi connectivity index (χ2v) is 5.19. The van der Waals surface area contributed by atoms with Crippen LogP contribution in [0.2, 0.25) is 0 Å². The van der Waals surface area contributed by atoms with Crippen LogP contribution in [-0.4, -0.2) is 11.5 Å². The Labute approximate surface area is 113 Å². The summed E-state index contributed by atoms with van der Waals surface area (Å²) >= 11 is 0. The summed E-state index contributed by atoms with van der Waals surface area (Å²) < 4.78 is 0. The molecule has 0 spiro atoms. The number of nitrogens with zero attached hydrogens (tertiary/aromatic N) is 2. The first-order valence-corrected chi connectivity index (χ1v) is 6.90. The van der Waals surface area contributed by atoms with Crippen molar-refractivity contribution in [2.24, 2.45) is 5.92 Å². The summed E-state index contributed by atoms with van der Waals surface area (Å²) in [6.45, 7) is 0.938. The average molecular weight is 251 g/mol. The molecule has 19 heavy (non-hydrogen) atoms. The third kappa shape index (κ3) is 2.39. The summed E-state index contributed by atoms with van der Waals surface area (Å²) in [5.74, 6) is 0.881. The minimum Gasteiger partial charge on any atom is -0.383 e. The summed E-state index contributed by atoms with van der Waals surface area (Å²) in [5.41, 5.74) is 2.51. The van der Waals surface area contributed by atoms with Gasteiger partial charge < -0.3 is 5.32 Å². The zero-order valence-electron chi connectivity index (χ0n) is 10.9. The van der Waals surface area contributed by atoms with Gasteiger partial charge in [-0.2, -0.15) is 5.26 Å². The predicted octanol–water partition coefficient (Wildman–Crippen LogP) is 3.71. The van der Waals surface area contributed by atoms with Crippen molar-refractivity contribution in [2.45, 2.75) is 25.7 Å². The van der Waals surface area contributed by atoms with Crippen LogP contribution in [0.1, 0.15) is 31.2 Å². The van der Waals surface area contributed by atoms with E-state index in [1.54, 1.807) is 6.20 Å². The summed E-state index contributed by atoms with van der Waals surface area (Å²) in [6, 6.07) is 10.2. The maximum atomic E-state index is 9.21. The highest BCUT2D eigenvalue weighted by Crippen LogP contribution is 2.30. The van der Waals surface area contributed by atoms with Gasteiger partial charge in [-0.3, -0.25) is 4.98 Å². The Morgan fingerprint density at radius 3 is 2.89 bits per heavy atom. The fourth-order valence-corrected chi connectivity index (χ4v) is 2.60. The standard InChI is InChI=1S/C16H17N3/c17-10-13-11-19-15-7-2-1-6-14(15)16(13)18-9-8-12-4-3-5-12/h1-2,6-7,11-12H,3-5,8-9H2,(H,18,19). The van der Waals surface area contributed by atoms with E-state index in [0.29, 0.717) is 5.56 Å². The molecule has 0 radical (unpaired) electrons. The van der Waals surface area contributed by atoms with Crippen LogP contribution in [0.4, 0.5) is 5.69 Å². The number of anilines is 1. The molecule has 0 aliphatic heterocycles. The lowest BCUT2D eigenvalue weighted by molar-refractivity contribution is 0.303. The monoisotopic (exact) mass is 251 g/mol. The van der Waals surface area contributed by atoms with Crippen molar-refractivity contribution in [3.8, 4) is 6.07 Å². The van der Waals surface area contributed by atoms with Gasteiger partial charge in [-0.25, -0.2) is 0 Å². The van der Waals surface area contributed by atoms with Crippen LogP contribution >= 0.6 is 0 Å². The van der Waals surface area contributed by atoms with E-state index in [9.17, 15) is 5.26 Å². The smallest absolute Gasteiger partial charge is 0.103 e.